The number of methoxy groups -OCH3 is 1. The highest BCUT2D eigenvalue weighted by molar-refractivity contribution is 8.18. The Hall–Kier alpha value is -2.49. The number of carbonyl (C=O) groups is 2. The van der Waals surface area contributed by atoms with Crippen molar-refractivity contribution in [3.8, 4) is 0 Å². The minimum Gasteiger partial charge on any atom is -0.466 e. The van der Waals surface area contributed by atoms with E-state index >= 15 is 0 Å². The number of hydrogen-bond acceptors (Lipinski definition) is 8. The number of benzene rings is 1. The molecule has 9 heteroatoms. The van der Waals surface area contributed by atoms with Crippen LogP contribution >= 0.6 is 11.8 Å². The smallest absolute Gasteiger partial charge is 0.331 e. The zero-order chi connectivity index (χ0) is 19.9. The molecule has 1 amide bonds. The second-order valence-electron chi connectivity index (χ2n) is 6.52. The number of amidine groups is 1. The maximum Gasteiger partial charge on any atom is 0.331 e. The molecule has 28 heavy (non-hydrogen) atoms. The standard InChI is InChI=1S/C19H23N5O3S/c1-23-7-9-24(10-8-23)13-15-6-4-3-5-14(15)12-20-22-19-21-18(26)16(28-19)11-17(25)27-2/h3-6,11-12H,7-10,13H2,1-2H3,(H,21,22,26)/b16-11+,20-12?. The highest BCUT2D eigenvalue weighted by Crippen LogP contribution is 2.23. The summed E-state index contributed by atoms with van der Waals surface area (Å²) in [6, 6.07) is 8.07. The fourth-order valence-corrected chi connectivity index (χ4v) is 3.57. The van der Waals surface area contributed by atoms with Crippen molar-refractivity contribution in [2.45, 2.75) is 6.54 Å². The van der Waals surface area contributed by atoms with Gasteiger partial charge in [0.2, 0.25) is 0 Å². The second-order valence-corrected chi connectivity index (χ2v) is 7.55. The molecule has 2 aliphatic heterocycles. The van der Waals surface area contributed by atoms with Gasteiger partial charge in [-0.1, -0.05) is 24.3 Å². The lowest BCUT2D eigenvalue weighted by molar-refractivity contribution is -0.135. The van der Waals surface area contributed by atoms with Crippen LogP contribution in [0.15, 0.2) is 45.4 Å². The molecule has 2 fully saturated rings. The number of hydrogen-bond donors (Lipinski definition) is 1. The van der Waals surface area contributed by atoms with Crippen LogP contribution in [-0.2, 0) is 20.9 Å². The van der Waals surface area contributed by atoms with Crippen LogP contribution in [-0.4, -0.2) is 73.4 Å². The minimum atomic E-state index is -0.583. The summed E-state index contributed by atoms with van der Waals surface area (Å²) in [6.07, 6.45) is 2.82. The van der Waals surface area contributed by atoms with Crippen molar-refractivity contribution >= 4 is 35.0 Å². The molecule has 2 saturated heterocycles. The third-order valence-electron chi connectivity index (χ3n) is 4.49. The summed E-state index contributed by atoms with van der Waals surface area (Å²) in [6.45, 7) is 5.10. The van der Waals surface area contributed by atoms with E-state index in [4.69, 9.17) is 0 Å². The molecule has 0 unspecified atom stereocenters. The number of ether oxygens (including phenoxy) is 1. The number of carbonyl (C=O) groups excluding carboxylic acids is 2. The van der Waals surface area contributed by atoms with Gasteiger partial charge in [-0.2, -0.15) is 5.10 Å². The molecule has 0 atom stereocenters. The fraction of sp³-hybridized carbons (Fsp3) is 0.368. The molecule has 148 valence electrons. The van der Waals surface area contributed by atoms with Gasteiger partial charge < -0.3 is 9.64 Å². The van der Waals surface area contributed by atoms with Gasteiger partial charge in [-0.25, -0.2) is 4.79 Å². The van der Waals surface area contributed by atoms with Crippen LogP contribution in [0.1, 0.15) is 11.1 Å². The quantitative estimate of drug-likeness (QED) is 0.343. The molecule has 1 N–H and O–H groups in total. The highest BCUT2D eigenvalue weighted by Gasteiger charge is 2.25. The van der Waals surface area contributed by atoms with Crippen molar-refractivity contribution in [1.29, 1.82) is 0 Å². The molecule has 0 radical (unpaired) electrons. The first-order valence-electron chi connectivity index (χ1n) is 8.94. The van der Waals surface area contributed by atoms with Crippen LogP contribution in [0.5, 0.6) is 0 Å². The molecule has 0 bridgehead atoms. The normalized spacial score (nSPS) is 21.6. The molecule has 2 heterocycles. The molecule has 2 aliphatic rings. The Labute approximate surface area is 168 Å². The van der Waals surface area contributed by atoms with E-state index in [1.807, 2.05) is 18.2 Å². The Bertz CT molecular complexity index is 829. The first kappa shape index (κ1) is 20.2. The first-order valence-corrected chi connectivity index (χ1v) is 9.75. The minimum absolute atomic E-state index is 0.233. The number of esters is 1. The molecule has 8 nitrogen and oxygen atoms in total. The van der Waals surface area contributed by atoms with Gasteiger partial charge in [-0.05, 0) is 29.9 Å². The number of nitrogens with one attached hydrogen (secondary N) is 1. The lowest BCUT2D eigenvalue weighted by atomic mass is 10.1. The third-order valence-corrected chi connectivity index (χ3v) is 5.39. The molecule has 0 aromatic heterocycles. The van der Waals surface area contributed by atoms with E-state index in [9.17, 15) is 9.59 Å². The summed E-state index contributed by atoms with van der Waals surface area (Å²) in [5, 5.41) is 11.1. The van der Waals surface area contributed by atoms with Crippen LogP contribution in [0, 0.1) is 0 Å². The SMILES string of the molecule is COC(=O)/C=C1/S/C(=N\N=Cc2ccccc2CN2CCN(C)CC2)NC1=O. The van der Waals surface area contributed by atoms with Gasteiger partial charge in [-0.15, -0.1) is 5.10 Å². The lowest BCUT2D eigenvalue weighted by Gasteiger charge is -2.32. The molecular formula is C19H23N5O3S. The Kier molecular flexibility index (Phi) is 6.96. The molecule has 1 aromatic carbocycles. The fourth-order valence-electron chi connectivity index (χ4n) is 2.84. The topological polar surface area (TPSA) is 86.6 Å². The predicted octanol–water partition coefficient (Wildman–Crippen LogP) is 1.04. The van der Waals surface area contributed by atoms with Crippen LogP contribution in [0.25, 0.3) is 0 Å². The second kappa shape index (κ2) is 9.63. The van der Waals surface area contributed by atoms with Crippen LogP contribution in [0.3, 0.4) is 0 Å². The Morgan fingerprint density at radius 2 is 2.04 bits per heavy atom. The van der Waals surface area contributed by atoms with E-state index in [-0.39, 0.29) is 10.8 Å². The summed E-state index contributed by atoms with van der Waals surface area (Å²) in [4.78, 5) is 28.1. The molecular weight excluding hydrogens is 378 g/mol. The average Bonchev–Trinajstić information content (AvgIpc) is 3.04. The molecule has 0 aliphatic carbocycles. The molecule has 1 aromatic rings. The summed E-state index contributed by atoms with van der Waals surface area (Å²) in [5.74, 6) is -0.972. The Morgan fingerprint density at radius 3 is 2.79 bits per heavy atom. The van der Waals surface area contributed by atoms with Crippen molar-refractivity contribution < 1.29 is 14.3 Å². The van der Waals surface area contributed by atoms with E-state index in [1.54, 1.807) is 6.21 Å². The van der Waals surface area contributed by atoms with Crippen molar-refractivity contribution in [3.05, 3.63) is 46.4 Å². The summed E-state index contributed by atoms with van der Waals surface area (Å²) in [7, 11) is 3.40. The van der Waals surface area contributed by atoms with Crippen molar-refractivity contribution in [2.75, 3.05) is 40.3 Å². The Balaban J connectivity index is 1.65. The van der Waals surface area contributed by atoms with E-state index in [1.165, 1.54) is 12.7 Å². The Morgan fingerprint density at radius 1 is 1.29 bits per heavy atom. The van der Waals surface area contributed by atoms with Crippen molar-refractivity contribution in [1.82, 2.24) is 15.1 Å². The molecule has 0 saturated carbocycles. The molecule has 0 spiro atoms. The van der Waals surface area contributed by atoms with Crippen LogP contribution in [0.4, 0.5) is 0 Å². The maximum atomic E-state index is 11.8. The predicted molar refractivity (Wildman–Crippen MR) is 110 cm³/mol. The van der Waals surface area contributed by atoms with Gasteiger partial charge in [0, 0.05) is 38.8 Å². The van der Waals surface area contributed by atoms with Gasteiger partial charge in [-0.3, -0.25) is 15.0 Å². The van der Waals surface area contributed by atoms with Gasteiger partial charge in [0.15, 0.2) is 5.17 Å². The lowest BCUT2D eigenvalue weighted by Crippen LogP contribution is -2.44. The maximum absolute atomic E-state index is 11.8. The number of likely N-dealkylation sites (N-methyl/N-ethyl adjacent to an activating group) is 1. The molecule has 3 rings (SSSR count). The highest BCUT2D eigenvalue weighted by atomic mass is 32.2. The van der Waals surface area contributed by atoms with Crippen molar-refractivity contribution in [3.63, 3.8) is 0 Å². The van der Waals surface area contributed by atoms with Gasteiger partial charge >= 0.3 is 5.97 Å². The van der Waals surface area contributed by atoms with E-state index < -0.39 is 5.97 Å². The number of amides is 1. The van der Waals surface area contributed by atoms with Crippen molar-refractivity contribution in [2.24, 2.45) is 10.2 Å². The third kappa shape index (κ3) is 5.51. The zero-order valence-electron chi connectivity index (χ0n) is 15.9. The van der Waals surface area contributed by atoms with Crippen LogP contribution < -0.4 is 5.32 Å². The number of nitrogens with zero attached hydrogens (tertiary/aromatic N) is 4. The van der Waals surface area contributed by atoms with Gasteiger partial charge in [0.25, 0.3) is 5.91 Å². The van der Waals surface area contributed by atoms with E-state index in [0.29, 0.717) is 5.17 Å². The monoisotopic (exact) mass is 401 g/mol. The zero-order valence-corrected chi connectivity index (χ0v) is 16.7. The number of rotatable bonds is 5. The number of thioether (sulfide) groups is 1. The number of piperazine rings is 1. The average molecular weight is 401 g/mol. The van der Waals surface area contributed by atoms with E-state index in [2.05, 4.69) is 43.2 Å². The van der Waals surface area contributed by atoms with Gasteiger partial charge in [0.05, 0.1) is 18.2 Å². The van der Waals surface area contributed by atoms with Crippen LogP contribution in [0.2, 0.25) is 0 Å². The summed E-state index contributed by atoms with van der Waals surface area (Å²) >= 11 is 1.05. The first-order chi connectivity index (χ1) is 13.5. The summed E-state index contributed by atoms with van der Waals surface area (Å²) < 4.78 is 4.53. The summed E-state index contributed by atoms with van der Waals surface area (Å²) in [5.41, 5.74) is 2.18. The van der Waals surface area contributed by atoms with Gasteiger partial charge in [0.1, 0.15) is 0 Å². The van der Waals surface area contributed by atoms with E-state index in [0.717, 1.165) is 56.1 Å². The largest absolute Gasteiger partial charge is 0.466 e.